The molecule has 2 aromatic carbocycles. The van der Waals surface area contributed by atoms with Crippen LogP contribution in [0, 0.1) is 24.0 Å². The first-order chi connectivity index (χ1) is 16.3. The molecular formula is C24H29N5O4S. The van der Waals surface area contributed by atoms with Gasteiger partial charge in [-0.3, -0.25) is 14.9 Å². The molecule has 0 saturated heterocycles. The van der Waals surface area contributed by atoms with E-state index in [1.807, 2.05) is 24.5 Å². The van der Waals surface area contributed by atoms with E-state index in [4.69, 9.17) is 4.74 Å². The highest BCUT2D eigenvalue weighted by atomic mass is 32.2. The fourth-order valence-electron chi connectivity index (χ4n) is 3.65. The summed E-state index contributed by atoms with van der Waals surface area (Å²) < 4.78 is 7.34. The zero-order valence-corrected chi connectivity index (χ0v) is 20.6. The van der Waals surface area contributed by atoms with Crippen molar-refractivity contribution in [1.82, 2.24) is 14.8 Å². The van der Waals surface area contributed by atoms with Gasteiger partial charge >= 0.3 is 0 Å². The lowest BCUT2D eigenvalue weighted by atomic mass is 10.0. The molecule has 10 heteroatoms. The van der Waals surface area contributed by atoms with Crippen LogP contribution in [0.3, 0.4) is 0 Å². The van der Waals surface area contributed by atoms with Crippen LogP contribution in [0.15, 0.2) is 41.6 Å². The summed E-state index contributed by atoms with van der Waals surface area (Å²) >= 11 is 1.30. The minimum Gasteiger partial charge on any atom is -0.496 e. The van der Waals surface area contributed by atoms with Crippen molar-refractivity contribution in [1.29, 1.82) is 0 Å². The summed E-state index contributed by atoms with van der Waals surface area (Å²) in [5.74, 6) is 1.66. The van der Waals surface area contributed by atoms with Crippen LogP contribution in [-0.4, -0.2) is 38.5 Å². The molecule has 3 aromatic rings. The number of amides is 1. The molecule has 0 aliphatic rings. The zero-order valence-electron chi connectivity index (χ0n) is 19.8. The predicted octanol–water partition coefficient (Wildman–Crippen LogP) is 4.74. The third kappa shape index (κ3) is 6.34. The second kappa shape index (κ2) is 11.6. The monoisotopic (exact) mass is 483 g/mol. The summed E-state index contributed by atoms with van der Waals surface area (Å²) in [6.07, 6.45) is 2.64. The maximum atomic E-state index is 12.5. The van der Waals surface area contributed by atoms with Gasteiger partial charge in [-0.25, -0.2) is 0 Å². The Morgan fingerprint density at radius 3 is 2.62 bits per heavy atom. The molecule has 1 aromatic heterocycles. The predicted molar refractivity (Wildman–Crippen MR) is 133 cm³/mol. The summed E-state index contributed by atoms with van der Waals surface area (Å²) in [6, 6.07) is 10.6. The first-order valence-corrected chi connectivity index (χ1v) is 12.0. The van der Waals surface area contributed by atoms with Crippen molar-refractivity contribution >= 4 is 29.0 Å². The van der Waals surface area contributed by atoms with Gasteiger partial charge in [-0.2, -0.15) is 0 Å². The van der Waals surface area contributed by atoms with E-state index < -0.39 is 4.92 Å². The number of anilines is 1. The molecule has 1 heterocycles. The fourth-order valence-corrected chi connectivity index (χ4v) is 4.47. The number of nitrogens with zero attached hydrogens (tertiary/aromatic N) is 4. The SMILES string of the molecule is CCn1c(CCCc2ccc(OC)c(C)c2)nnc1SCC(=O)Nc1cc([N+](=O)[O-])ccc1C. The van der Waals surface area contributed by atoms with Crippen LogP contribution in [0.1, 0.15) is 35.9 Å². The van der Waals surface area contributed by atoms with Gasteiger partial charge in [-0.1, -0.05) is 30.0 Å². The molecule has 0 atom stereocenters. The van der Waals surface area contributed by atoms with Crippen molar-refractivity contribution < 1.29 is 14.5 Å². The lowest BCUT2D eigenvalue weighted by Crippen LogP contribution is -2.15. The van der Waals surface area contributed by atoms with Gasteiger partial charge in [0.15, 0.2) is 5.16 Å². The fraction of sp³-hybridized carbons (Fsp3) is 0.375. The van der Waals surface area contributed by atoms with Gasteiger partial charge < -0.3 is 14.6 Å². The minimum atomic E-state index is -0.481. The normalized spacial score (nSPS) is 10.8. The van der Waals surface area contributed by atoms with E-state index in [0.29, 0.717) is 17.4 Å². The minimum absolute atomic E-state index is 0.0614. The van der Waals surface area contributed by atoms with Gasteiger partial charge in [-0.05, 0) is 56.4 Å². The summed E-state index contributed by atoms with van der Waals surface area (Å²) in [7, 11) is 1.67. The Balaban J connectivity index is 1.56. The molecule has 34 heavy (non-hydrogen) atoms. The van der Waals surface area contributed by atoms with Crippen molar-refractivity contribution in [2.45, 2.75) is 51.7 Å². The number of hydrogen-bond acceptors (Lipinski definition) is 7. The number of methoxy groups -OCH3 is 1. The number of aryl methyl sites for hydroxylation is 4. The largest absolute Gasteiger partial charge is 0.496 e. The maximum absolute atomic E-state index is 12.5. The van der Waals surface area contributed by atoms with Gasteiger partial charge in [0.2, 0.25) is 5.91 Å². The Hall–Kier alpha value is -3.40. The number of benzene rings is 2. The Kier molecular flexibility index (Phi) is 8.64. The van der Waals surface area contributed by atoms with Crippen LogP contribution >= 0.6 is 11.8 Å². The van der Waals surface area contributed by atoms with Gasteiger partial charge in [0.25, 0.3) is 5.69 Å². The maximum Gasteiger partial charge on any atom is 0.271 e. The molecule has 0 aliphatic heterocycles. The highest BCUT2D eigenvalue weighted by Crippen LogP contribution is 2.24. The Morgan fingerprint density at radius 2 is 1.94 bits per heavy atom. The van der Waals surface area contributed by atoms with E-state index in [9.17, 15) is 14.9 Å². The van der Waals surface area contributed by atoms with Crippen molar-refractivity contribution in [2.24, 2.45) is 0 Å². The van der Waals surface area contributed by atoms with E-state index in [1.54, 1.807) is 20.1 Å². The highest BCUT2D eigenvalue weighted by molar-refractivity contribution is 7.99. The number of nitro benzene ring substituents is 1. The molecule has 0 radical (unpaired) electrons. The summed E-state index contributed by atoms with van der Waals surface area (Å²) in [5.41, 5.74) is 3.51. The summed E-state index contributed by atoms with van der Waals surface area (Å²) in [5, 5.41) is 23.0. The van der Waals surface area contributed by atoms with Crippen molar-refractivity contribution in [3.63, 3.8) is 0 Å². The van der Waals surface area contributed by atoms with Gasteiger partial charge in [-0.15, -0.1) is 10.2 Å². The number of rotatable bonds is 11. The van der Waals surface area contributed by atoms with Crippen LogP contribution in [0.2, 0.25) is 0 Å². The molecule has 9 nitrogen and oxygen atoms in total. The molecular weight excluding hydrogens is 454 g/mol. The second-order valence-electron chi connectivity index (χ2n) is 7.89. The topological polar surface area (TPSA) is 112 Å². The standard InChI is InChI=1S/C24H29N5O4S/c1-5-28-22(8-6-7-18-10-12-21(33-4)17(3)13-18)26-27-24(28)34-15-23(30)25-20-14-19(29(31)32)11-9-16(20)2/h9-14H,5-8,15H2,1-4H3,(H,25,30). The molecule has 0 unspecified atom stereocenters. The third-order valence-electron chi connectivity index (χ3n) is 5.47. The highest BCUT2D eigenvalue weighted by Gasteiger charge is 2.15. The van der Waals surface area contributed by atoms with Crippen LogP contribution < -0.4 is 10.1 Å². The molecule has 0 fully saturated rings. The van der Waals surface area contributed by atoms with E-state index in [1.165, 1.54) is 29.5 Å². The number of aromatic nitrogens is 3. The Morgan fingerprint density at radius 1 is 1.15 bits per heavy atom. The van der Waals surface area contributed by atoms with Crippen LogP contribution in [0.25, 0.3) is 0 Å². The number of ether oxygens (including phenoxy) is 1. The molecule has 3 rings (SSSR count). The van der Waals surface area contributed by atoms with Gasteiger partial charge in [0.05, 0.1) is 23.5 Å². The number of thioether (sulfide) groups is 1. The number of carbonyl (C=O) groups is 1. The summed E-state index contributed by atoms with van der Waals surface area (Å²) in [4.78, 5) is 23.0. The first-order valence-electron chi connectivity index (χ1n) is 11.1. The summed E-state index contributed by atoms with van der Waals surface area (Å²) in [6.45, 7) is 6.56. The number of carbonyl (C=O) groups excluding carboxylic acids is 1. The van der Waals surface area contributed by atoms with Gasteiger partial charge in [0, 0.05) is 25.1 Å². The second-order valence-corrected chi connectivity index (χ2v) is 8.84. The van der Waals surface area contributed by atoms with Crippen LogP contribution in [0.5, 0.6) is 5.75 Å². The number of nitro groups is 1. The number of non-ortho nitro benzene ring substituents is 1. The Labute approximate surface area is 203 Å². The zero-order chi connectivity index (χ0) is 24.7. The van der Waals surface area contributed by atoms with Crippen molar-refractivity contribution in [3.05, 3.63) is 69.0 Å². The molecule has 1 amide bonds. The van der Waals surface area contributed by atoms with E-state index in [2.05, 4.69) is 27.6 Å². The van der Waals surface area contributed by atoms with Crippen molar-refractivity contribution in [2.75, 3.05) is 18.2 Å². The lowest BCUT2D eigenvalue weighted by molar-refractivity contribution is -0.384. The molecule has 0 aliphatic carbocycles. The molecule has 0 saturated carbocycles. The quantitative estimate of drug-likeness (QED) is 0.238. The lowest BCUT2D eigenvalue weighted by Gasteiger charge is -2.10. The molecule has 1 N–H and O–H groups in total. The van der Waals surface area contributed by atoms with Crippen LogP contribution in [-0.2, 0) is 24.2 Å². The third-order valence-corrected chi connectivity index (χ3v) is 6.44. The van der Waals surface area contributed by atoms with Gasteiger partial charge in [0.1, 0.15) is 11.6 Å². The average Bonchev–Trinajstić information content (AvgIpc) is 3.20. The van der Waals surface area contributed by atoms with Crippen molar-refractivity contribution in [3.8, 4) is 5.75 Å². The molecule has 0 bridgehead atoms. The van der Waals surface area contributed by atoms with Crippen LogP contribution in [0.4, 0.5) is 11.4 Å². The van der Waals surface area contributed by atoms with E-state index in [0.717, 1.165) is 42.0 Å². The average molecular weight is 484 g/mol. The number of hydrogen-bond donors (Lipinski definition) is 1. The Bertz CT molecular complexity index is 1180. The first kappa shape index (κ1) is 25.2. The van der Waals surface area contributed by atoms with E-state index >= 15 is 0 Å². The van der Waals surface area contributed by atoms with E-state index in [-0.39, 0.29) is 17.3 Å². The smallest absolute Gasteiger partial charge is 0.271 e. The molecule has 180 valence electrons. The molecule has 0 spiro atoms. The number of nitrogens with one attached hydrogen (secondary N) is 1.